The van der Waals surface area contributed by atoms with Gasteiger partial charge in [0.25, 0.3) is 0 Å². The molecule has 2 N–H and O–H groups in total. The first-order valence-corrected chi connectivity index (χ1v) is 12.3. The van der Waals surface area contributed by atoms with Gasteiger partial charge in [-0.1, -0.05) is 18.2 Å². The lowest BCUT2D eigenvalue weighted by Gasteiger charge is -2.27. The summed E-state index contributed by atoms with van der Waals surface area (Å²) in [6.07, 6.45) is 7.75. The molecule has 0 aromatic carbocycles. The van der Waals surface area contributed by atoms with Crippen molar-refractivity contribution in [3.05, 3.63) is 34.5 Å². The van der Waals surface area contributed by atoms with Crippen LogP contribution in [0.1, 0.15) is 30.2 Å². The van der Waals surface area contributed by atoms with Crippen LogP contribution in [0.15, 0.2) is 34.7 Å². The molecule has 3 fully saturated rings. The number of amides is 2. The number of guanidine groups is 1. The van der Waals surface area contributed by atoms with E-state index in [-0.39, 0.29) is 59.5 Å². The van der Waals surface area contributed by atoms with Crippen molar-refractivity contribution in [2.75, 3.05) is 39.8 Å². The third-order valence-electron chi connectivity index (χ3n) is 7.33. The van der Waals surface area contributed by atoms with Gasteiger partial charge in [0.15, 0.2) is 5.96 Å². The van der Waals surface area contributed by atoms with Crippen molar-refractivity contribution in [3.8, 4) is 0 Å². The third-order valence-corrected chi connectivity index (χ3v) is 8.30. The number of rotatable bonds is 7. The van der Waals surface area contributed by atoms with E-state index in [9.17, 15) is 9.59 Å². The first kappa shape index (κ1) is 23.7. The summed E-state index contributed by atoms with van der Waals surface area (Å²) in [5.41, 5.74) is 0. The molecule has 2 amide bonds. The van der Waals surface area contributed by atoms with Crippen molar-refractivity contribution in [2.45, 2.75) is 25.3 Å². The molecule has 1 saturated carbocycles. The molecule has 5 rings (SSSR count). The van der Waals surface area contributed by atoms with Gasteiger partial charge in [-0.05, 0) is 55.6 Å². The van der Waals surface area contributed by atoms with Crippen LogP contribution in [0, 0.1) is 23.7 Å². The highest BCUT2D eigenvalue weighted by atomic mass is 127. The van der Waals surface area contributed by atoms with Gasteiger partial charge in [0.1, 0.15) is 0 Å². The Morgan fingerprint density at radius 3 is 2.44 bits per heavy atom. The number of carbonyl (C=O) groups is 2. The number of hydrogen-bond donors (Lipinski definition) is 2. The zero-order chi connectivity index (χ0) is 21.4. The first-order chi connectivity index (χ1) is 15.2. The third kappa shape index (κ3) is 4.35. The van der Waals surface area contributed by atoms with Crippen molar-refractivity contribution in [1.29, 1.82) is 0 Å². The van der Waals surface area contributed by atoms with Crippen LogP contribution in [-0.2, 0) is 9.59 Å². The number of aliphatic imine (C=N–C) groups is 1. The molecule has 3 heterocycles. The normalized spacial score (nSPS) is 30.0. The molecule has 7 nitrogen and oxygen atoms in total. The lowest BCUT2D eigenvalue weighted by molar-refractivity contribution is -0.140. The Bertz CT molecular complexity index is 853. The maximum absolute atomic E-state index is 12.8. The second kappa shape index (κ2) is 10.2. The van der Waals surface area contributed by atoms with Crippen LogP contribution in [0.4, 0.5) is 0 Å². The summed E-state index contributed by atoms with van der Waals surface area (Å²) in [6.45, 7) is 3.95. The Labute approximate surface area is 210 Å². The second-order valence-corrected chi connectivity index (χ2v) is 9.96. The molecule has 9 heteroatoms. The molecular weight excluding hydrogens is 537 g/mol. The molecular formula is C23H32IN5O2S. The molecule has 1 aromatic heterocycles. The molecule has 4 aliphatic rings. The molecule has 5 unspecified atom stereocenters. The van der Waals surface area contributed by atoms with E-state index >= 15 is 0 Å². The van der Waals surface area contributed by atoms with Crippen LogP contribution in [0.2, 0.25) is 0 Å². The van der Waals surface area contributed by atoms with Crippen molar-refractivity contribution in [3.63, 3.8) is 0 Å². The van der Waals surface area contributed by atoms with Crippen LogP contribution >= 0.6 is 35.3 Å². The van der Waals surface area contributed by atoms with Crippen molar-refractivity contribution in [2.24, 2.45) is 28.7 Å². The van der Waals surface area contributed by atoms with Gasteiger partial charge in [-0.3, -0.25) is 24.4 Å². The predicted octanol–water partition coefficient (Wildman–Crippen LogP) is 2.48. The number of carbonyl (C=O) groups excluding carboxylic acids is 2. The zero-order valence-electron chi connectivity index (χ0n) is 18.4. The SMILES string of the molecule is CN=C(NCCN1C(=O)C2C3C=CC(C3)C2C1=O)NCC(c1cccs1)N1CCCC1.I. The standard InChI is InChI=1S/C23H31N5O2S.HI/c1-24-23(26-14-17(18-5-4-12-31-18)27-9-2-3-10-27)25-8-11-28-21(29)19-15-6-7-16(13-15)20(19)22(28)30;/h4-7,12,15-17,19-20H,2-3,8-11,13-14H2,1H3,(H2,24,25,26);1H. The zero-order valence-corrected chi connectivity index (χ0v) is 21.6. The van der Waals surface area contributed by atoms with E-state index in [1.165, 1.54) is 22.6 Å². The number of thiophene rings is 1. The minimum absolute atomic E-state index is 0. The van der Waals surface area contributed by atoms with Crippen molar-refractivity contribution in [1.82, 2.24) is 20.4 Å². The first-order valence-electron chi connectivity index (χ1n) is 11.4. The molecule has 2 bridgehead atoms. The molecule has 2 aliphatic heterocycles. The monoisotopic (exact) mass is 569 g/mol. The van der Waals surface area contributed by atoms with Gasteiger partial charge < -0.3 is 10.6 Å². The predicted molar refractivity (Wildman–Crippen MR) is 137 cm³/mol. The average Bonchev–Trinajstić information content (AvgIpc) is 3.59. The van der Waals surface area contributed by atoms with Crippen LogP contribution in [0.25, 0.3) is 0 Å². The highest BCUT2D eigenvalue weighted by molar-refractivity contribution is 14.0. The van der Waals surface area contributed by atoms with E-state index < -0.39 is 0 Å². The molecule has 2 aliphatic carbocycles. The van der Waals surface area contributed by atoms with Gasteiger partial charge in [-0.15, -0.1) is 35.3 Å². The van der Waals surface area contributed by atoms with Crippen LogP contribution in [-0.4, -0.2) is 67.3 Å². The quantitative estimate of drug-likeness (QED) is 0.174. The Kier molecular flexibility index (Phi) is 7.56. The number of halogens is 1. The molecule has 2 saturated heterocycles. The number of nitrogens with zero attached hydrogens (tertiary/aromatic N) is 3. The maximum atomic E-state index is 12.8. The van der Waals surface area contributed by atoms with E-state index in [1.54, 1.807) is 18.4 Å². The molecule has 0 spiro atoms. The largest absolute Gasteiger partial charge is 0.355 e. The highest BCUT2D eigenvalue weighted by Gasteiger charge is 2.58. The minimum Gasteiger partial charge on any atom is -0.355 e. The van der Waals surface area contributed by atoms with E-state index in [2.05, 4.69) is 50.2 Å². The van der Waals surface area contributed by atoms with Gasteiger partial charge in [-0.25, -0.2) is 0 Å². The fourth-order valence-corrected chi connectivity index (χ4v) is 6.69. The van der Waals surface area contributed by atoms with Crippen LogP contribution in [0.3, 0.4) is 0 Å². The summed E-state index contributed by atoms with van der Waals surface area (Å²) in [4.78, 5) is 35.4. The van der Waals surface area contributed by atoms with Crippen molar-refractivity contribution < 1.29 is 9.59 Å². The van der Waals surface area contributed by atoms with Gasteiger partial charge in [0.05, 0.1) is 17.9 Å². The Balaban J connectivity index is 0.00000245. The van der Waals surface area contributed by atoms with Gasteiger partial charge in [0, 0.05) is 31.6 Å². The Hall–Kier alpha value is -1.46. The summed E-state index contributed by atoms with van der Waals surface area (Å²) in [5, 5.41) is 8.88. The number of allylic oxidation sites excluding steroid dienone is 2. The number of fused-ring (bicyclic) bond motifs is 5. The summed E-state index contributed by atoms with van der Waals surface area (Å²) < 4.78 is 0. The Morgan fingerprint density at radius 2 is 1.84 bits per heavy atom. The van der Waals surface area contributed by atoms with Gasteiger partial charge in [-0.2, -0.15) is 0 Å². The van der Waals surface area contributed by atoms with E-state index in [0.717, 1.165) is 26.1 Å². The molecule has 0 radical (unpaired) electrons. The smallest absolute Gasteiger partial charge is 0.233 e. The maximum Gasteiger partial charge on any atom is 0.233 e. The Morgan fingerprint density at radius 1 is 1.16 bits per heavy atom. The average molecular weight is 570 g/mol. The highest BCUT2D eigenvalue weighted by Crippen LogP contribution is 2.52. The van der Waals surface area contributed by atoms with E-state index in [1.807, 2.05) is 0 Å². The number of likely N-dealkylation sites (tertiary alicyclic amines) is 2. The fourth-order valence-electron chi connectivity index (χ4n) is 5.83. The molecule has 1 aromatic rings. The summed E-state index contributed by atoms with van der Waals surface area (Å²) in [6, 6.07) is 4.65. The van der Waals surface area contributed by atoms with Gasteiger partial charge >= 0.3 is 0 Å². The van der Waals surface area contributed by atoms with E-state index in [0.29, 0.717) is 25.1 Å². The minimum atomic E-state index is -0.119. The van der Waals surface area contributed by atoms with E-state index in [4.69, 9.17) is 0 Å². The summed E-state index contributed by atoms with van der Waals surface area (Å²) >= 11 is 1.80. The van der Waals surface area contributed by atoms with Crippen molar-refractivity contribution >= 4 is 53.1 Å². The van der Waals surface area contributed by atoms with Gasteiger partial charge in [0.2, 0.25) is 11.8 Å². The lowest BCUT2D eigenvalue weighted by Crippen LogP contribution is -2.45. The fraction of sp³-hybridized carbons (Fsp3) is 0.609. The molecule has 5 atom stereocenters. The lowest BCUT2D eigenvalue weighted by atomic mass is 9.85. The summed E-state index contributed by atoms with van der Waals surface area (Å²) in [5.74, 6) is 1.03. The second-order valence-electron chi connectivity index (χ2n) is 8.98. The van der Waals surface area contributed by atoms with Crippen LogP contribution in [0.5, 0.6) is 0 Å². The number of imide groups is 1. The summed E-state index contributed by atoms with van der Waals surface area (Å²) in [7, 11) is 1.76. The number of nitrogens with one attached hydrogen (secondary N) is 2. The molecule has 174 valence electrons. The van der Waals surface area contributed by atoms with Crippen LogP contribution < -0.4 is 10.6 Å². The molecule has 32 heavy (non-hydrogen) atoms. The number of hydrogen-bond acceptors (Lipinski definition) is 5. The topological polar surface area (TPSA) is 77.0 Å².